The zero-order valence-electron chi connectivity index (χ0n) is 34.4. The van der Waals surface area contributed by atoms with E-state index in [2.05, 4.69) is 162 Å². The van der Waals surface area contributed by atoms with Crippen LogP contribution in [0, 0.1) is 5.41 Å². The van der Waals surface area contributed by atoms with Crippen LogP contribution in [0.15, 0.2) is 54.6 Å². The molecule has 0 N–H and O–H groups in total. The van der Waals surface area contributed by atoms with Crippen LogP contribution in [0.4, 0.5) is 0 Å². The standard InChI is InChI=1S/C45H69NO2Si2/c1-30(2)49(14,31(3)4)35-20-22-37-38-23-21-36(50(15,32(5)6)33(7)8)28-40(38)46(39(37)27-35)41-26-34(45(12,13)29-44(9,10)11)19-24-42(41)48-43-18-16-17-25-47-43/h19-24,26-28,30-33,43H,16-18,25,29H2,1-15H3. The van der Waals surface area contributed by atoms with Gasteiger partial charge in [0.15, 0.2) is 6.29 Å². The predicted octanol–water partition coefficient (Wildman–Crippen LogP) is 12.6. The number of hydrogen-bond acceptors (Lipinski definition) is 2. The van der Waals surface area contributed by atoms with E-state index in [4.69, 9.17) is 9.47 Å². The second-order valence-corrected chi connectivity index (χ2v) is 30.1. The molecule has 0 saturated carbocycles. The number of rotatable bonds is 11. The van der Waals surface area contributed by atoms with Crippen LogP contribution in [0.1, 0.15) is 121 Å². The molecule has 3 aromatic carbocycles. The van der Waals surface area contributed by atoms with E-state index in [1.54, 1.807) is 10.4 Å². The largest absolute Gasteiger partial charge is 0.463 e. The fourth-order valence-corrected chi connectivity index (χ4v) is 16.3. The van der Waals surface area contributed by atoms with Crippen molar-refractivity contribution in [1.29, 1.82) is 0 Å². The summed E-state index contributed by atoms with van der Waals surface area (Å²) >= 11 is 0. The van der Waals surface area contributed by atoms with E-state index in [0.717, 1.165) is 43.7 Å². The first-order valence-corrected chi connectivity index (χ1v) is 25.0. The van der Waals surface area contributed by atoms with Crippen LogP contribution in [0.25, 0.3) is 27.5 Å². The van der Waals surface area contributed by atoms with Crippen LogP contribution in [-0.2, 0) is 10.2 Å². The zero-order chi connectivity index (χ0) is 37.0. The number of benzene rings is 3. The molecule has 3 nitrogen and oxygen atoms in total. The Morgan fingerprint density at radius 2 is 1.20 bits per heavy atom. The van der Waals surface area contributed by atoms with Crippen molar-refractivity contribution in [2.75, 3.05) is 6.61 Å². The Balaban J connectivity index is 1.91. The van der Waals surface area contributed by atoms with Crippen LogP contribution in [0.2, 0.25) is 35.3 Å². The second kappa shape index (κ2) is 14.2. The molecule has 5 heteroatoms. The minimum atomic E-state index is -1.81. The highest BCUT2D eigenvalue weighted by Crippen LogP contribution is 2.43. The molecular weight excluding hydrogens is 643 g/mol. The number of nitrogens with zero attached hydrogens (tertiary/aromatic N) is 1. The highest BCUT2D eigenvalue weighted by atomic mass is 28.3. The third kappa shape index (κ3) is 7.17. The lowest BCUT2D eigenvalue weighted by Crippen LogP contribution is -2.50. The van der Waals surface area contributed by atoms with Crippen molar-refractivity contribution in [2.24, 2.45) is 5.41 Å². The van der Waals surface area contributed by atoms with Gasteiger partial charge in [0.1, 0.15) is 5.75 Å². The third-order valence-corrected chi connectivity index (χ3v) is 25.9. The Hall–Kier alpha value is -2.35. The molecule has 50 heavy (non-hydrogen) atoms. The maximum atomic E-state index is 6.90. The predicted molar refractivity (Wildman–Crippen MR) is 225 cm³/mol. The molecule has 0 spiro atoms. The van der Waals surface area contributed by atoms with Gasteiger partial charge in [0.05, 0.1) is 39.5 Å². The Kier molecular flexibility index (Phi) is 11.1. The Morgan fingerprint density at radius 3 is 1.62 bits per heavy atom. The summed E-state index contributed by atoms with van der Waals surface area (Å²) in [6.07, 6.45) is 4.04. The van der Waals surface area contributed by atoms with E-state index < -0.39 is 16.1 Å². The molecule has 1 aliphatic rings. The van der Waals surface area contributed by atoms with Crippen LogP contribution < -0.4 is 15.1 Å². The maximum absolute atomic E-state index is 6.90. The average Bonchev–Trinajstić information content (AvgIpc) is 3.35. The van der Waals surface area contributed by atoms with Crippen molar-refractivity contribution in [2.45, 2.75) is 163 Å². The molecular formula is C45H69NO2Si2. The van der Waals surface area contributed by atoms with E-state index in [1.165, 1.54) is 27.4 Å². The van der Waals surface area contributed by atoms with Crippen molar-refractivity contribution < 1.29 is 9.47 Å². The number of aromatic nitrogens is 1. The van der Waals surface area contributed by atoms with Crippen LogP contribution in [0.3, 0.4) is 0 Å². The lowest BCUT2D eigenvalue weighted by molar-refractivity contribution is -0.105. The van der Waals surface area contributed by atoms with Gasteiger partial charge in [0.2, 0.25) is 0 Å². The van der Waals surface area contributed by atoms with E-state index in [1.807, 2.05) is 0 Å². The van der Waals surface area contributed by atoms with Crippen LogP contribution in [-0.4, -0.2) is 33.6 Å². The molecule has 2 heterocycles. The molecule has 0 radical (unpaired) electrons. The van der Waals surface area contributed by atoms with Gasteiger partial charge in [-0.25, -0.2) is 0 Å². The van der Waals surface area contributed by atoms with Gasteiger partial charge >= 0.3 is 0 Å². The summed E-state index contributed by atoms with van der Waals surface area (Å²) in [6, 6.07) is 22.0. The monoisotopic (exact) mass is 711 g/mol. The maximum Gasteiger partial charge on any atom is 0.199 e. The van der Waals surface area contributed by atoms with Crippen molar-refractivity contribution in [3.63, 3.8) is 0 Å². The van der Waals surface area contributed by atoms with Crippen LogP contribution in [0.5, 0.6) is 5.75 Å². The van der Waals surface area contributed by atoms with Crippen molar-refractivity contribution >= 4 is 48.3 Å². The average molecular weight is 712 g/mol. The molecule has 1 saturated heterocycles. The van der Waals surface area contributed by atoms with E-state index >= 15 is 0 Å². The molecule has 1 unspecified atom stereocenters. The first-order valence-electron chi connectivity index (χ1n) is 19.7. The first-order chi connectivity index (χ1) is 23.2. The van der Waals surface area contributed by atoms with Gasteiger partial charge in [-0.05, 0) is 82.1 Å². The van der Waals surface area contributed by atoms with Crippen molar-refractivity contribution in [3.05, 3.63) is 60.2 Å². The molecule has 1 fully saturated rings. The van der Waals surface area contributed by atoms with Gasteiger partial charge in [0, 0.05) is 17.2 Å². The van der Waals surface area contributed by atoms with Gasteiger partial charge in [0.25, 0.3) is 0 Å². The third-order valence-electron chi connectivity index (χ3n) is 13.2. The molecule has 1 aliphatic heterocycles. The normalized spacial score (nSPS) is 16.9. The molecule has 1 aromatic heterocycles. The fourth-order valence-electron chi connectivity index (χ4n) is 9.20. The van der Waals surface area contributed by atoms with Gasteiger partial charge in [-0.3, -0.25) is 0 Å². The van der Waals surface area contributed by atoms with Gasteiger partial charge < -0.3 is 14.0 Å². The smallest absolute Gasteiger partial charge is 0.199 e. The highest BCUT2D eigenvalue weighted by molar-refractivity contribution is 6.93. The Labute approximate surface area is 307 Å². The quantitative estimate of drug-likeness (QED) is 0.145. The second-order valence-electron chi connectivity index (χ2n) is 19.2. The lowest BCUT2D eigenvalue weighted by atomic mass is 9.72. The molecule has 4 aromatic rings. The summed E-state index contributed by atoms with van der Waals surface area (Å²) in [6.45, 7) is 37.4. The molecule has 0 amide bonds. The van der Waals surface area contributed by atoms with Crippen molar-refractivity contribution in [3.8, 4) is 11.4 Å². The van der Waals surface area contributed by atoms with Gasteiger partial charge in [-0.2, -0.15) is 0 Å². The highest BCUT2D eigenvalue weighted by Gasteiger charge is 2.39. The minimum Gasteiger partial charge on any atom is -0.463 e. The fraction of sp³-hybridized carbons (Fsp3) is 0.600. The Bertz CT molecular complexity index is 1700. The van der Waals surface area contributed by atoms with Crippen molar-refractivity contribution in [1.82, 2.24) is 4.57 Å². The number of fused-ring (bicyclic) bond motifs is 3. The zero-order valence-corrected chi connectivity index (χ0v) is 36.4. The van der Waals surface area contributed by atoms with E-state index in [0.29, 0.717) is 22.2 Å². The Morgan fingerprint density at radius 1 is 0.700 bits per heavy atom. The number of ether oxygens (including phenoxy) is 2. The summed E-state index contributed by atoms with van der Waals surface area (Å²) < 4.78 is 15.7. The molecule has 274 valence electrons. The molecule has 0 bridgehead atoms. The van der Waals surface area contributed by atoms with E-state index in [-0.39, 0.29) is 17.1 Å². The summed E-state index contributed by atoms with van der Waals surface area (Å²) in [7, 11) is -3.63. The molecule has 1 atom stereocenters. The minimum absolute atomic E-state index is 0.0104. The molecule has 5 rings (SSSR count). The first kappa shape index (κ1) is 38.9. The van der Waals surface area contributed by atoms with Gasteiger partial charge in [-0.1, -0.05) is 144 Å². The summed E-state index contributed by atoms with van der Waals surface area (Å²) in [5.41, 5.74) is 7.83. The van der Waals surface area contributed by atoms with E-state index in [9.17, 15) is 0 Å². The van der Waals surface area contributed by atoms with Crippen LogP contribution >= 0.6 is 0 Å². The number of hydrogen-bond donors (Lipinski definition) is 0. The molecule has 0 aliphatic carbocycles. The summed E-state index contributed by atoms with van der Waals surface area (Å²) in [5, 5.41) is 5.75. The SMILES string of the molecule is CC(C)[Si](C)(c1ccc2c3ccc([Si](C)(C(C)C)C(C)C)cc3n(-c3cc(C(C)(C)CC(C)(C)C)ccc3OC3CCCCO3)c2c1)C(C)C. The summed E-state index contributed by atoms with van der Waals surface area (Å²) in [4.78, 5) is 0. The summed E-state index contributed by atoms with van der Waals surface area (Å²) in [5.74, 6) is 0.919. The topological polar surface area (TPSA) is 23.4 Å². The lowest BCUT2D eigenvalue weighted by Gasteiger charge is -2.36. The van der Waals surface area contributed by atoms with Gasteiger partial charge in [-0.15, -0.1) is 0 Å².